The summed E-state index contributed by atoms with van der Waals surface area (Å²) in [6, 6.07) is 2.02. The van der Waals surface area contributed by atoms with E-state index < -0.39 is 0 Å². The predicted molar refractivity (Wildman–Crippen MR) is 64.9 cm³/mol. The van der Waals surface area contributed by atoms with E-state index in [2.05, 4.69) is 24.1 Å². The Balaban J connectivity index is 2.37. The van der Waals surface area contributed by atoms with E-state index in [4.69, 9.17) is 5.73 Å². The number of rotatable bonds is 6. The summed E-state index contributed by atoms with van der Waals surface area (Å²) in [5, 5.41) is 3.38. The maximum Gasteiger partial charge on any atom is 0.126 e. The highest BCUT2D eigenvalue weighted by atomic mass is 14.8. The van der Waals surface area contributed by atoms with Crippen LogP contribution in [-0.4, -0.2) is 18.1 Å². The van der Waals surface area contributed by atoms with Crippen LogP contribution in [0.4, 0.5) is 5.82 Å². The molecule has 0 saturated carbocycles. The Hall–Kier alpha value is -1.09. The van der Waals surface area contributed by atoms with Crippen LogP contribution in [-0.2, 0) is 6.42 Å². The number of nitrogens with one attached hydrogen (secondary N) is 1. The molecule has 1 rings (SSSR count). The Bertz CT molecular complexity index is 277. The molecule has 0 atom stereocenters. The maximum absolute atomic E-state index is 5.83. The molecule has 0 bridgehead atoms. The lowest BCUT2D eigenvalue weighted by Crippen LogP contribution is -2.16. The molecule has 0 fully saturated rings. The zero-order chi connectivity index (χ0) is 11.1. The van der Waals surface area contributed by atoms with Crippen LogP contribution in [0.2, 0.25) is 0 Å². The van der Waals surface area contributed by atoms with Gasteiger partial charge >= 0.3 is 0 Å². The summed E-state index contributed by atoms with van der Waals surface area (Å²) < 4.78 is 0. The van der Waals surface area contributed by atoms with Crippen molar-refractivity contribution in [2.75, 3.05) is 18.8 Å². The van der Waals surface area contributed by atoms with Gasteiger partial charge in [-0.05, 0) is 56.5 Å². The number of aromatic nitrogens is 1. The number of pyridine rings is 1. The lowest BCUT2D eigenvalue weighted by molar-refractivity contribution is 0.639. The maximum atomic E-state index is 5.83. The SMILES string of the molecule is CCCNCCCc1c(C)ccnc1N. The molecule has 3 heteroatoms. The van der Waals surface area contributed by atoms with E-state index >= 15 is 0 Å². The average molecular weight is 207 g/mol. The first-order chi connectivity index (χ1) is 7.25. The molecule has 0 aliphatic carbocycles. The van der Waals surface area contributed by atoms with Crippen molar-refractivity contribution in [1.82, 2.24) is 10.3 Å². The summed E-state index contributed by atoms with van der Waals surface area (Å²) >= 11 is 0. The minimum absolute atomic E-state index is 0.686. The van der Waals surface area contributed by atoms with E-state index in [9.17, 15) is 0 Å². The van der Waals surface area contributed by atoms with Crippen molar-refractivity contribution in [3.05, 3.63) is 23.4 Å². The van der Waals surface area contributed by atoms with Gasteiger partial charge in [0.1, 0.15) is 5.82 Å². The lowest BCUT2D eigenvalue weighted by Gasteiger charge is -2.08. The van der Waals surface area contributed by atoms with Gasteiger partial charge in [-0.15, -0.1) is 0 Å². The highest BCUT2D eigenvalue weighted by molar-refractivity contribution is 5.43. The number of nitrogens with two attached hydrogens (primary N) is 1. The van der Waals surface area contributed by atoms with Crippen molar-refractivity contribution in [2.24, 2.45) is 0 Å². The Morgan fingerprint density at radius 3 is 2.87 bits per heavy atom. The van der Waals surface area contributed by atoms with E-state index in [1.807, 2.05) is 6.07 Å². The summed E-state index contributed by atoms with van der Waals surface area (Å²) in [5.74, 6) is 0.686. The van der Waals surface area contributed by atoms with Crippen molar-refractivity contribution in [3.63, 3.8) is 0 Å². The van der Waals surface area contributed by atoms with Crippen molar-refractivity contribution in [3.8, 4) is 0 Å². The molecule has 0 aliphatic heterocycles. The molecule has 1 aromatic heterocycles. The van der Waals surface area contributed by atoms with E-state index in [-0.39, 0.29) is 0 Å². The van der Waals surface area contributed by atoms with E-state index in [1.54, 1.807) is 6.20 Å². The standard InChI is InChI=1S/C12H21N3/c1-3-7-14-8-4-5-11-10(2)6-9-15-12(11)13/h6,9,14H,3-5,7-8H2,1-2H3,(H2,13,15). The van der Waals surface area contributed by atoms with Crippen LogP contribution in [0.25, 0.3) is 0 Å². The fourth-order valence-corrected chi connectivity index (χ4v) is 1.63. The molecule has 1 heterocycles. The first-order valence-corrected chi connectivity index (χ1v) is 5.66. The third kappa shape index (κ3) is 3.88. The normalized spacial score (nSPS) is 10.5. The third-order valence-electron chi connectivity index (χ3n) is 2.53. The quantitative estimate of drug-likeness (QED) is 0.701. The molecular formula is C12H21N3. The topological polar surface area (TPSA) is 50.9 Å². The molecule has 0 saturated heterocycles. The van der Waals surface area contributed by atoms with Gasteiger partial charge in [-0.1, -0.05) is 6.92 Å². The first-order valence-electron chi connectivity index (χ1n) is 5.66. The zero-order valence-corrected chi connectivity index (χ0v) is 9.71. The van der Waals surface area contributed by atoms with Crippen LogP contribution in [0.1, 0.15) is 30.9 Å². The number of nitrogen functional groups attached to an aromatic ring is 1. The monoisotopic (exact) mass is 207 g/mol. The van der Waals surface area contributed by atoms with Crippen LogP contribution in [0, 0.1) is 6.92 Å². The minimum Gasteiger partial charge on any atom is -0.383 e. The Morgan fingerprint density at radius 1 is 1.40 bits per heavy atom. The molecule has 0 aliphatic rings. The molecule has 84 valence electrons. The molecule has 15 heavy (non-hydrogen) atoms. The van der Waals surface area contributed by atoms with Crippen LogP contribution in [0.5, 0.6) is 0 Å². The van der Waals surface area contributed by atoms with E-state index in [0.29, 0.717) is 5.82 Å². The molecule has 1 aromatic rings. The van der Waals surface area contributed by atoms with Crippen LogP contribution in [0.15, 0.2) is 12.3 Å². The number of anilines is 1. The predicted octanol–water partition coefficient (Wildman–Crippen LogP) is 1.90. The summed E-state index contributed by atoms with van der Waals surface area (Å²) in [6.45, 7) is 6.42. The van der Waals surface area contributed by atoms with Gasteiger partial charge in [0.25, 0.3) is 0 Å². The van der Waals surface area contributed by atoms with Crippen LogP contribution >= 0.6 is 0 Å². The summed E-state index contributed by atoms with van der Waals surface area (Å²) in [4.78, 5) is 4.11. The number of hydrogen-bond acceptors (Lipinski definition) is 3. The summed E-state index contributed by atoms with van der Waals surface area (Å²) in [5.41, 5.74) is 8.28. The molecule has 3 nitrogen and oxygen atoms in total. The van der Waals surface area contributed by atoms with Gasteiger partial charge in [0, 0.05) is 6.20 Å². The fraction of sp³-hybridized carbons (Fsp3) is 0.583. The molecule has 0 amide bonds. The minimum atomic E-state index is 0.686. The molecule has 0 aromatic carbocycles. The average Bonchev–Trinajstić information content (AvgIpc) is 2.21. The third-order valence-corrected chi connectivity index (χ3v) is 2.53. The van der Waals surface area contributed by atoms with Gasteiger partial charge in [0.15, 0.2) is 0 Å². The molecule has 3 N–H and O–H groups in total. The van der Waals surface area contributed by atoms with Crippen molar-refractivity contribution < 1.29 is 0 Å². The van der Waals surface area contributed by atoms with Gasteiger partial charge in [0.05, 0.1) is 0 Å². The Kier molecular flexibility index (Phi) is 5.12. The first kappa shape index (κ1) is 12.0. The van der Waals surface area contributed by atoms with Gasteiger partial charge in [-0.2, -0.15) is 0 Å². The van der Waals surface area contributed by atoms with Crippen molar-refractivity contribution in [1.29, 1.82) is 0 Å². The highest BCUT2D eigenvalue weighted by Crippen LogP contribution is 2.14. The largest absolute Gasteiger partial charge is 0.383 e. The highest BCUT2D eigenvalue weighted by Gasteiger charge is 2.02. The summed E-state index contributed by atoms with van der Waals surface area (Å²) in [7, 11) is 0. The lowest BCUT2D eigenvalue weighted by atomic mass is 10.1. The Labute approximate surface area is 92.1 Å². The van der Waals surface area contributed by atoms with E-state index in [0.717, 1.165) is 25.9 Å². The van der Waals surface area contributed by atoms with Gasteiger partial charge < -0.3 is 11.1 Å². The van der Waals surface area contributed by atoms with Gasteiger partial charge in [-0.3, -0.25) is 0 Å². The fourth-order valence-electron chi connectivity index (χ4n) is 1.63. The second-order valence-electron chi connectivity index (χ2n) is 3.85. The second kappa shape index (κ2) is 6.40. The molecular weight excluding hydrogens is 186 g/mol. The second-order valence-corrected chi connectivity index (χ2v) is 3.85. The van der Waals surface area contributed by atoms with E-state index in [1.165, 1.54) is 17.5 Å². The van der Waals surface area contributed by atoms with Crippen LogP contribution in [0.3, 0.4) is 0 Å². The molecule has 0 spiro atoms. The smallest absolute Gasteiger partial charge is 0.126 e. The van der Waals surface area contributed by atoms with Gasteiger partial charge in [-0.25, -0.2) is 4.98 Å². The van der Waals surface area contributed by atoms with Crippen molar-refractivity contribution >= 4 is 5.82 Å². The molecule has 0 unspecified atom stereocenters. The zero-order valence-electron chi connectivity index (χ0n) is 9.71. The Morgan fingerprint density at radius 2 is 2.20 bits per heavy atom. The number of hydrogen-bond donors (Lipinski definition) is 2. The van der Waals surface area contributed by atoms with Crippen molar-refractivity contribution in [2.45, 2.75) is 33.1 Å². The molecule has 0 radical (unpaired) electrons. The number of nitrogens with zero attached hydrogens (tertiary/aromatic N) is 1. The number of aryl methyl sites for hydroxylation is 1. The summed E-state index contributed by atoms with van der Waals surface area (Å²) in [6.07, 6.45) is 5.09. The van der Waals surface area contributed by atoms with Gasteiger partial charge in [0.2, 0.25) is 0 Å². The van der Waals surface area contributed by atoms with Crippen LogP contribution < -0.4 is 11.1 Å².